The van der Waals surface area contributed by atoms with Crippen LogP contribution in [0.4, 0.5) is 5.13 Å². The molecule has 1 aromatic heterocycles. The van der Waals surface area contributed by atoms with Crippen LogP contribution in [0.1, 0.15) is 32.5 Å². The van der Waals surface area contributed by atoms with Gasteiger partial charge in [-0.3, -0.25) is 14.5 Å². The maximum Gasteiger partial charge on any atom is 0.350 e. The molecule has 11 nitrogen and oxygen atoms in total. The summed E-state index contributed by atoms with van der Waals surface area (Å²) in [7, 11) is 2.88. The van der Waals surface area contributed by atoms with Gasteiger partial charge in [0.25, 0.3) is 5.78 Å². The van der Waals surface area contributed by atoms with Crippen LogP contribution in [0.25, 0.3) is 5.76 Å². The van der Waals surface area contributed by atoms with Crippen molar-refractivity contribution in [1.29, 1.82) is 0 Å². The lowest BCUT2D eigenvalue weighted by molar-refractivity contribution is -0.132. The predicted octanol–water partition coefficient (Wildman–Crippen LogP) is 4.21. The van der Waals surface area contributed by atoms with E-state index in [4.69, 9.17) is 23.7 Å². The van der Waals surface area contributed by atoms with Crippen molar-refractivity contribution in [3.63, 3.8) is 0 Å². The molecular weight excluding hydrogens is 552 g/mol. The minimum absolute atomic E-state index is 0.00738. The molecule has 5 rings (SSSR count). The normalized spacial score (nSPS) is 17.3. The highest BCUT2D eigenvalue weighted by atomic mass is 32.1. The second-order valence-corrected chi connectivity index (χ2v) is 9.89. The fourth-order valence-electron chi connectivity index (χ4n) is 4.67. The van der Waals surface area contributed by atoms with Crippen LogP contribution < -0.4 is 23.8 Å². The number of esters is 1. The van der Waals surface area contributed by atoms with Gasteiger partial charge in [-0.05, 0) is 31.2 Å². The SMILES string of the molecule is C=CCOC(=O)c1sc(N2C(=O)C(=O)C(=C(O)c3ccc4c(c3)OCCO4)C2c2cccc(OC)c2OC)nc1C. The number of hydrogen-bond donors (Lipinski definition) is 1. The van der Waals surface area contributed by atoms with Crippen molar-refractivity contribution < 1.29 is 43.2 Å². The van der Waals surface area contributed by atoms with Crippen molar-refractivity contribution in [2.45, 2.75) is 13.0 Å². The minimum Gasteiger partial charge on any atom is -0.507 e. The van der Waals surface area contributed by atoms with E-state index in [9.17, 15) is 19.5 Å². The number of ketones is 1. The van der Waals surface area contributed by atoms with Crippen LogP contribution >= 0.6 is 11.3 Å². The third-order valence-electron chi connectivity index (χ3n) is 6.50. The molecule has 1 fully saturated rings. The minimum atomic E-state index is -1.18. The van der Waals surface area contributed by atoms with Crippen molar-refractivity contribution in [2.75, 3.05) is 38.9 Å². The van der Waals surface area contributed by atoms with Gasteiger partial charge in [0.15, 0.2) is 28.1 Å². The molecular formula is C29H26N2O9S. The number of hydrogen-bond acceptors (Lipinski definition) is 11. The van der Waals surface area contributed by atoms with Crippen LogP contribution in [0.3, 0.4) is 0 Å². The first kappa shape index (κ1) is 27.7. The van der Waals surface area contributed by atoms with Gasteiger partial charge in [-0.1, -0.05) is 36.1 Å². The molecule has 1 unspecified atom stereocenters. The standard InChI is InChI=1S/C29H26N2O9S/c1-5-11-40-28(35)26-15(2)30-29(41-26)31-22(17-7-6-8-19(36-3)25(17)37-4)21(24(33)27(31)34)23(32)16-9-10-18-20(14-16)39-13-12-38-18/h5-10,14,22,32H,1,11-13H2,2-4H3. The molecule has 212 valence electrons. The van der Waals surface area contributed by atoms with E-state index in [2.05, 4.69) is 11.6 Å². The zero-order chi connectivity index (χ0) is 29.3. The quantitative estimate of drug-likeness (QED) is 0.136. The number of Topliss-reactive ketones (excluding diaryl/α,β-unsaturated/α-hetero) is 1. The van der Waals surface area contributed by atoms with Gasteiger partial charge >= 0.3 is 11.9 Å². The summed E-state index contributed by atoms with van der Waals surface area (Å²) in [4.78, 5) is 45.6. The van der Waals surface area contributed by atoms with Crippen LogP contribution in [0.15, 0.2) is 54.6 Å². The number of fused-ring (bicyclic) bond motifs is 1. The highest BCUT2D eigenvalue weighted by molar-refractivity contribution is 7.17. The van der Waals surface area contributed by atoms with Crippen LogP contribution in [0.5, 0.6) is 23.0 Å². The molecule has 1 saturated heterocycles. The number of carbonyl (C=O) groups excluding carboxylic acids is 3. The van der Waals surface area contributed by atoms with Gasteiger partial charge in [0.2, 0.25) is 0 Å². The lowest BCUT2D eigenvalue weighted by Crippen LogP contribution is -2.29. The number of aliphatic hydroxyl groups excluding tert-OH is 1. The lowest BCUT2D eigenvalue weighted by atomic mass is 9.94. The van der Waals surface area contributed by atoms with Crippen molar-refractivity contribution in [2.24, 2.45) is 0 Å². The summed E-state index contributed by atoms with van der Waals surface area (Å²) in [5.74, 6) is -1.49. The number of nitrogens with zero attached hydrogens (tertiary/aromatic N) is 2. The third-order valence-corrected chi connectivity index (χ3v) is 7.63. The number of methoxy groups -OCH3 is 2. The van der Waals surface area contributed by atoms with Crippen molar-refractivity contribution in [3.05, 3.63) is 76.3 Å². The molecule has 0 saturated carbocycles. The third kappa shape index (κ3) is 4.86. The zero-order valence-corrected chi connectivity index (χ0v) is 23.3. The Balaban J connectivity index is 1.71. The highest BCUT2D eigenvalue weighted by Crippen LogP contribution is 2.48. The molecule has 0 spiro atoms. The molecule has 1 N–H and O–H groups in total. The summed E-state index contributed by atoms with van der Waals surface area (Å²) in [6.07, 6.45) is 1.43. The van der Waals surface area contributed by atoms with E-state index < -0.39 is 29.5 Å². The lowest BCUT2D eigenvalue weighted by Gasteiger charge is -2.25. The van der Waals surface area contributed by atoms with Crippen LogP contribution in [-0.4, -0.2) is 61.8 Å². The van der Waals surface area contributed by atoms with E-state index in [1.807, 2.05) is 0 Å². The Morgan fingerprint density at radius 3 is 2.63 bits per heavy atom. The van der Waals surface area contributed by atoms with Crippen molar-refractivity contribution in [3.8, 4) is 23.0 Å². The summed E-state index contributed by atoms with van der Waals surface area (Å²) in [5.41, 5.74) is 0.697. The van der Waals surface area contributed by atoms with Gasteiger partial charge in [0, 0.05) is 11.1 Å². The predicted molar refractivity (Wildman–Crippen MR) is 149 cm³/mol. The highest BCUT2D eigenvalue weighted by Gasteiger charge is 2.49. The number of aromatic nitrogens is 1. The summed E-state index contributed by atoms with van der Waals surface area (Å²) in [6, 6.07) is 8.53. The number of amides is 1. The van der Waals surface area contributed by atoms with E-state index >= 15 is 0 Å². The number of carbonyl (C=O) groups is 3. The van der Waals surface area contributed by atoms with Crippen molar-refractivity contribution >= 4 is 39.9 Å². The number of benzene rings is 2. The maximum absolute atomic E-state index is 13.6. The Morgan fingerprint density at radius 2 is 1.93 bits per heavy atom. The van der Waals surface area contributed by atoms with E-state index in [0.29, 0.717) is 41.7 Å². The second-order valence-electron chi connectivity index (χ2n) is 8.91. The number of para-hydroxylation sites is 1. The van der Waals surface area contributed by atoms with Gasteiger partial charge in [-0.25, -0.2) is 9.78 Å². The molecule has 3 aromatic rings. The fourth-order valence-corrected chi connectivity index (χ4v) is 5.66. The number of rotatable bonds is 8. The largest absolute Gasteiger partial charge is 0.507 e. The van der Waals surface area contributed by atoms with E-state index in [1.165, 1.54) is 20.3 Å². The molecule has 2 aliphatic rings. The number of ether oxygens (including phenoxy) is 5. The molecule has 12 heteroatoms. The average Bonchev–Trinajstić information content (AvgIpc) is 3.50. The molecule has 0 radical (unpaired) electrons. The number of aliphatic hydroxyl groups is 1. The molecule has 1 amide bonds. The Kier molecular flexibility index (Phi) is 7.66. The monoisotopic (exact) mass is 578 g/mol. The molecule has 41 heavy (non-hydrogen) atoms. The van der Waals surface area contributed by atoms with Crippen LogP contribution in [-0.2, 0) is 14.3 Å². The Bertz CT molecular complexity index is 1590. The van der Waals surface area contributed by atoms with Crippen molar-refractivity contribution in [1.82, 2.24) is 4.98 Å². The fraction of sp³-hybridized carbons (Fsp3) is 0.241. The average molecular weight is 579 g/mol. The summed E-state index contributed by atoms with van der Waals surface area (Å²) in [6.45, 7) is 5.83. The van der Waals surface area contributed by atoms with Crippen LogP contribution in [0.2, 0.25) is 0 Å². The number of aryl methyl sites for hydroxylation is 1. The first-order chi connectivity index (χ1) is 19.8. The van der Waals surface area contributed by atoms with Gasteiger partial charge in [-0.2, -0.15) is 0 Å². The van der Waals surface area contributed by atoms with Crippen LogP contribution in [0, 0.1) is 6.92 Å². The first-order valence-corrected chi connectivity index (χ1v) is 13.3. The molecule has 2 aliphatic heterocycles. The zero-order valence-electron chi connectivity index (χ0n) is 22.5. The first-order valence-electron chi connectivity index (χ1n) is 12.5. The molecule has 3 heterocycles. The van der Waals surface area contributed by atoms with Gasteiger partial charge < -0.3 is 28.8 Å². The smallest absolute Gasteiger partial charge is 0.350 e. The Hall–Kier alpha value is -4.84. The van der Waals surface area contributed by atoms with Gasteiger partial charge in [0.05, 0.1) is 25.5 Å². The maximum atomic E-state index is 13.6. The summed E-state index contributed by atoms with van der Waals surface area (Å²) < 4.78 is 27.5. The Morgan fingerprint density at radius 1 is 1.17 bits per heavy atom. The topological polar surface area (TPSA) is 134 Å². The number of anilines is 1. The van der Waals surface area contributed by atoms with E-state index in [0.717, 1.165) is 16.2 Å². The second kappa shape index (κ2) is 11.3. The van der Waals surface area contributed by atoms with E-state index in [-0.39, 0.29) is 33.5 Å². The van der Waals surface area contributed by atoms with Gasteiger partial charge in [-0.15, -0.1) is 0 Å². The molecule has 0 aliphatic carbocycles. The molecule has 2 aromatic carbocycles. The van der Waals surface area contributed by atoms with Gasteiger partial charge in [0.1, 0.15) is 36.5 Å². The number of thiazole rings is 1. The summed E-state index contributed by atoms with van der Waals surface area (Å²) in [5, 5.41) is 11.6. The molecule has 0 bridgehead atoms. The Labute approximate surface area is 239 Å². The van der Waals surface area contributed by atoms with E-state index in [1.54, 1.807) is 43.3 Å². The molecule has 1 atom stereocenters. The summed E-state index contributed by atoms with van der Waals surface area (Å²) >= 11 is 0.891.